The molecule has 0 unspecified atom stereocenters. The molecule has 0 atom stereocenters. The van der Waals surface area contributed by atoms with Crippen molar-refractivity contribution in [2.45, 2.75) is 32.6 Å². The summed E-state index contributed by atoms with van der Waals surface area (Å²) in [6.45, 7) is 4.06. The highest BCUT2D eigenvalue weighted by molar-refractivity contribution is 6.09. The van der Waals surface area contributed by atoms with Crippen LogP contribution in [0.3, 0.4) is 0 Å². The first-order valence-corrected chi connectivity index (χ1v) is 11.5. The summed E-state index contributed by atoms with van der Waals surface area (Å²) in [5.41, 5.74) is 4.72. The molecule has 1 aromatic carbocycles. The molecule has 0 spiro atoms. The molecule has 2 aromatic heterocycles. The number of Topliss-reactive ketones (excluding diaryl/α,β-unsaturated/α-hetero) is 1. The van der Waals surface area contributed by atoms with Gasteiger partial charge in [-0.3, -0.25) is 19.5 Å². The summed E-state index contributed by atoms with van der Waals surface area (Å²) in [7, 11) is 0. The van der Waals surface area contributed by atoms with Crippen LogP contribution in [0.25, 0.3) is 16.7 Å². The first-order valence-electron chi connectivity index (χ1n) is 11.5. The average molecular weight is 458 g/mol. The van der Waals surface area contributed by atoms with Crippen molar-refractivity contribution >= 4 is 29.0 Å². The third-order valence-electron chi connectivity index (χ3n) is 6.20. The van der Waals surface area contributed by atoms with E-state index in [0.717, 1.165) is 42.8 Å². The highest BCUT2D eigenvalue weighted by Crippen LogP contribution is 2.30. The standard InChI is InChI=1S/C26H27N5O3/c1-18-25(23(33)17-30-10-3-2-4-11-30)26-22(31(18)21-7-5-19(15-27)6-8-21)13-20(16-29-26)14-24(34)28-9-12-32/h5-8,12-13,16H,2-4,9-11,14,17H2,1H3,(H,28,34). The van der Waals surface area contributed by atoms with Gasteiger partial charge >= 0.3 is 0 Å². The molecule has 0 bridgehead atoms. The number of rotatable bonds is 8. The molecule has 1 N–H and O–H groups in total. The fourth-order valence-corrected chi connectivity index (χ4v) is 4.57. The Labute approximate surface area is 198 Å². The largest absolute Gasteiger partial charge is 0.349 e. The Morgan fingerprint density at radius 3 is 2.59 bits per heavy atom. The minimum Gasteiger partial charge on any atom is -0.349 e. The van der Waals surface area contributed by atoms with Crippen molar-refractivity contribution < 1.29 is 14.4 Å². The number of ketones is 1. The van der Waals surface area contributed by atoms with Gasteiger partial charge in [-0.1, -0.05) is 6.42 Å². The van der Waals surface area contributed by atoms with Crippen LogP contribution >= 0.6 is 0 Å². The number of fused-ring (bicyclic) bond motifs is 1. The lowest BCUT2D eigenvalue weighted by molar-refractivity contribution is -0.121. The number of nitrogens with one attached hydrogen (secondary N) is 1. The molecule has 8 nitrogen and oxygen atoms in total. The number of hydrogen-bond donors (Lipinski definition) is 1. The van der Waals surface area contributed by atoms with Gasteiger partial charge in [-0.05, 0) is 68.8 Å². The minimum absolute atomic E-state index is 0.0285. The third-order valence-corrected chi connectivity index (χ3v) is 6.20. The number of nitriles is 1. The van der Waals surface area contributed by atoms with Crippen molar-refractivity contribution in [3.63, 3.8) is 0 Å². The van der Waals surface area contributed by atoms with Crippen LogP contribution in [-0.2, 0) is 16.0 Å². The Kier molecular flexibility index (Phi) is 7.14. The van der Waals surface area contributed by atoms with Crippen molar-refractivity contribution in [3.05, 3.63) is 58.9 Å². The molecule has 8 heteroatoms. The van der Waals surface area contributed by atoms with Gasteiger partial charge in [0.05, 0.1) is 47.7 Å². The fraction of sp³-hybridized carbons (Fsp3) is 0.346. The maximum atomic E-state index is 13.4. The number of carbonyl (C=O) groups excluding carboxylic acids is 3. The number of nitrogens with zero attached hydrogens (tertiary/aromatic N) is 4. The van der Waals surface area contributed by atoms with Crippen LogP contribution in [0.1, 0.15) is 46.4 Å². The maximum absolute atomic E-state index is 13.4. The molecule has 174 valence electrons. The van der Waals surface area contributed by atoms with Gasteiger partial charge in [0.2, 0.25) is 5.91 Å². The number of likely N-dealkylation sites (tertiary alicyclic amines) is 1. The number of hydrogen-bond acceptors (Lipinski definition) is 6. The molecule has 1 aliphatic heterocycles. The second-order valence-corrected chi connectivity index (χ2v) is 8.57. The van der Waals surface area contributed by atoms with Crippen LogP contribution in [-0.4, -0.2) is 58.6 Å². The number of amides is 1. The quantitative estimate of drug-likeness (QED) is 0.412. The van der Waals surface area contributed by atoms with Crippen molar-refractivity contribution in [1.82, 2.24) is 19.8 Å². The fourth-order valence-electron chi connectivity index (χ4n) is 4.57. The normalized spacial score (nSPS) is 14.0. The van der Waals surface area contributed by atoms with E-state index in [1.165, 1.54) is 6.42 Å². The summed E-state index contributed by atoms with van der Waals surface area (Å²) in [6.07, 6.45) is 5.74. The maximum Gasteiger partial charge on any atom is 0.224 e. The molecular formula is C26H27N5O3. The van der Waals surface area contributed by atoms with Gasteiger partial charge in [-0.15, -0.1) is 0 Å². The zero-order valence-electron chi connectivity index (χ0n) is 19.2. The Morgan fingerprint density at radius 1 is 1.18 bits per heavy atom. The molecular weight excluding hydrogens is 430 g/mol. The van der Waals surface area contributed by atoms with Gasteiger partial charge in [-0.2, -0.15) is 5.26 Å². The number of pyridine rings is 1. The van der Waals surface area contributed by atoms with E-state index in [4.69, 9.17) is 5.26 Å². The second-order valence-electron chi connectivity index (χ2n) is 8.57. The topological polar surface area (TPSA) is 108 Å². The number of aldehydes is 1. The van der Waals surface area contributed by atoms with E-state index in [2.05, 4.69) is 21.3 Å². The van der Waals surface area contributed by atoms with Gasteiger partial charge < -0.3 is 14.7 Å². The SMILES string of the molecule is Cc1c(C(=O)CN2CCCCC2)c2ncc(CC(=O)NCC=O)cc2n1-c1ccc(C#N)cc1. The summed E-state index contributed by atoms with van der Waals surface area (Å²) in [5.74, 6) is -0.247. The van der Waals surface area contributed by atoms with Crippen molar-refractivity contribution in [2.24, 2.45) is 0 Å². The first kappa shape index (κ1) is 23.3. The Morgan fingerprint density at radius 2 is 1.91 bits per heavy atom. The third kappa shape index (κ3) is 4.90. The highest BCUT2D eigenvalue weighted by Gasteiger charge is 2.24. The lowest BCUT2D eigenvalue weighted by Crippen LogP contribution is -2.34. The van der Waals surface area contributed by atoms with E-state index in [-0.39, 0.29) is 24.7 Å². The number of carbonyl (C=O) groups is 3. The van der Waals surface area contributed by atoms with E-state index in [1.54, 1.807) is 18.3 Å². The molecule has 3 heterocycles. The van der Waals surface area contributed by atoms with Crippen LogP contribution in [0, 0.1) is 18.3 Å². The average Bonchev–Trinajstić information content (AvgIpc) is 3.14. The zero-order valence-corrected chi connectivity index (χ0v) is 19.2. The van der Waals surface area contributed by atoms with Crippen molar-refractivity contribution in [3.8, 4) is 11.8 Å². The molecule has 0 saturated carbocycles. The number of aromatic nitrogens is 2. The molecule has 34 heavy (non-hydrogen) atoms. The van der Waals surface area contributed by atoms with Crippen LogP contribution < -0.4 is 5.32 Å². The van der Waals surface area contributed by atoms with Crippen LogP contribution in [0.5, 0.6) is 0 Å². The van der Waals surface area contributed by atoms with Crippen LogP contribution in [0.15, 0.2) is 36.5 Å². The van der Waals surface area contributed by atoms with E-state index in [9.17, 15) is 14.4 Å². The Hall–Kier alpha value is -3.83. The summed E-state index contributed by atoms with van der Waals surface area (Å²) >= 11 is 0. The lowest BCUT2D eigenvalue weighted by atomic mass is 10.1. The molecule has 4 rings (SSSR count). The minimum atomic E-state index is -0.275. The summed E-state index contributed by atoms with van der Waals surface area (Å²) in [5, 5.41) is 11.7. The van der Waals surface area contributed by atoms with Gasteiger partial charge in [0, 0.05) is 17.6 Å². The van der Waals surface area contributed by atoms with E-state index in [1.807, 2.05) is 29.7 Å². The summed E-state index contributed by atoms with van der Waals surface area (Å²) in [4.78, 5) is 42.9. The van der Waals surface area contributed by atoms with Gasteiger partial charge in [0.25, 0.3) is 0 Å². The van der Waals surface area contributed by atoms with Crippen LogP contribution in [0.4, 0.5) is 0 Å². The Balaban J connectivity index is 1.77. The van der Waals surface area contributed by atoms with Crippen molar-refractivity contribution in [1.29, 1.82) is 5.26 Å². The van der Waals surface area contributed by atoms with Crippen LogP contribution in [0.2, 0.25) is 0 Å². The first-order chi connectivity index (χ1) is 16.5. The molecule has 1 amide bonds. The zero-order chi connectivity index (χ0) is 24.1. The van der Waals surface area contributed by atoms with E-state index >= 15 is 0 Å². The molecule has 0 aliphatic carbocycles. The molecule has 1 aliphatic rings. The molecule has 1 saturated heterocycles. The van der Waals surface area contributed by atoms with Gasteiger partial charge in [0.15, 0.2) is 5.78 Å². The summed E-state index contributed by atoms with van der Waals surface area (Å²) in [6, 6.07) is 11.1. The summed E-state index contributed by atoms with van der Waals surface area (Å²) < 4.78 is 1.96. The lowest BCUT2D eigenvalue weighted by Gasteiger charge is -2.25. The Bertz CT molecular complexity index is 1260. The van der Waals surface area contributed by atoms with Crippen molar-refractivity contribution in [2.75, 3.05) is 26.2 Å². The second kappa shape index (κ2) is 10.4. The van der Waals surface area contributed by atoms with E-state index in [0.29, 0.717) is 35.0 Å². The van der Waals surface area contributed by atoms with E-state index < -0.39 is 0 Å². The predicted molar refractivity (Wildman–Crippen MR) is 128 cm³/mol. The number of piperidine rings is 1. The highest BCUT2D eigenvalue weighted by atomic mass is 16.2. The molecule has 3 aromatic rings. The smallest absolute Gasteiger partial charge is 0.224 e. The predicted octanol–water partition coefficient (Wildman–Crippen LogP) is 2.73. The molecule has 1 fully saturated rings. The van der Waals surface area contributed by atoms with Gasteiger partial charge in [-0.25, -0.2) is 0 Å². The monoisotopic (exact) mass is 457 g/mol. The van der Waals surface area contributed by atoms with Gasteiger partial charge in [0.1, 0.15) is 6.29 Å². The molecule has 0 radical (unpaired) electrons. The number of benzene rings is 1.